The monoisotopic (exact) mass is 409 g/mol. The summed E-state index contributed by atoms with van der Waals surface area (Å²) in [6.45, 7) is 1.30. The predicted octanol–water partition coefficient (Wildman–Crippen LogP) is 4.15. The van der Waals surface area contributed by atoms with Crippen LogP contribution in [-0.4, -0.2) is 28.0 Å². The Kier molecular flexibility index (Phi) is 3.93. The molecule has 0 saturated carbocycles. The molecule has 0 radical (unpaired) electrons. The minimum atomic E-state index is -0.350. The summed E-state index contributed by atoms with van der Waals surface area (Å²) in [4.78, 5) is 32.3. The van der Waals surface area contributed by atoms with Crippen molar-refractivity contribution in [3.63, 3.8) is 0 Å². The third-order valence-corrected chi connectivity index (χ3v) is 6.07. The Morgan fingerprint density at radius 2 is 1.77 bits per heavy atom. The van der Waals surface area contributed by atoms with Crippen LogP contribution in [0.4, 0.5) is 5.95 Å². The number of anilines is 1. The Hall–Kier alpha value is -3.93. The summed E-state index contributed by atoms with van der Waals surface area (Å²) >= 11 is 0. The maximum atomic E-state index is 13.4. The molecule has 6 heteroatoms. The van der Waals surface area contributed by atoms with E-state index in [0.29, 0.717) is 30.0 Å². The zero-order valence-corrected chi connectivity index (χ0v) is 16.7. The molecule has 0 aliphatic carbocycles. The number of hydrogen-bond acceptors (Lipinski definition) is 4. The van der Waals surface area contributed by atoms with Gasteiger partial charge in [0.1, 0.15) is 6.10 Å². The molecule has 0 fully saturated rings. The molecule has 1 amide bonds. The highest BCUT2D eigenvalue weighted by Crippen LogP contribution is 2.32. The quantitative estimate of drug-likeness (QED) is 0.467. The topological polar surface area (TPSA) is 64.4 Å². The van der Waals surface area contributed by atoms with Gasteiger partial charge in [0.2, 0.25) is 5.95 Å². The summed E-state index contributed by atoms with van der Waals surface area (Å²) in [5.41, 5.74) is 4.79. The highest BCUT2D eigenvalue weighted by Gasteiger charge is 2.32. The molecule has 0 saturated heterocycles. The molecule has 2 aliphatic heterocycles. The first-order valence-corrected chi connectivity index (χ1v) is 10.3. The van der Waals surface area contributed by atoms with E-state index in [-0.39, 0.29) is 18.0 Å². The number of nitrogens with zero attached hydrogens (tertiary/aromatic N) is 3. The summed E-state index contributed by atoms with van der Waals surface area (Å²) in [5, 5.41) is 0. The molecular formula is C25H19N3O3. The molecule has 1 atom stereocenters. The normalized spacial score (nSPS) is 17.4. The van der Waals surface area contributed by atoms with E-state index in [4.69, 9.17) is 4.74 Å². The molecule has 1 aromatic heterocycles. The van der Waals surface area contributed by atoms with E-state index in [1.807, 2.05) is 60.7 Å². The first-order chi connectivity index (χ1) is 15.2. The van der Waals surface area contributed by atoms with Crippen molar-refractivity contribution in [1.29, 1.82) is 0 Å². The Morgan fingerprint density at radius 1 is 0.968 bits per heavy atom. The number of rotatable bonds is 2. The first-order valence-electron chi connectivity index (χ1n) is 10.3. The molecule has 6 nitrogen and oxygen atoms in total. The molecule has 0 unspecified atom stereocenters. The Morgan fingerprint density at radius 3 is 2.65 bits per heavy atom. The molecule has 31 heavy (non-hydrogen) atoms. The van der Waals surface area contributed by atoms with Crippen LogP contribution < -0.4 is 4.90 Å². The number of carbonyl (C=O) groups is 2. The lowest BCUT2D eigenvalue weighted by Gasteiger charge is -2.25. The second kappa shape index (κ2) is 6.80. The zero-order valence-electron chi connectivity index (χ0n) is 16.7. The summed E-state index contributed by atoms with van der Waals surface area (Å²) < 4.78 is 7.71. The lowest BCUT2D eigenvalue weighted by molar-refractivity contribution is 0.0252. The molecule has 152 valence electrons. The Bertz CT molecular complexity index is 1340. The molecule has 6 rings (SSSR count). The minimum Gasteiger partial charge on any atom is -0.454 e. The summed E-state index contributed by atoms with van der Waals surface area (Å²) in [6, 6.07) is 22.8. The van der Waals surface area contributed by atoms with Crippen molar-refractivity contribution in [1.82, 2.24) is 9.55 Å². The maximum absolute atomic E-state index is 13.4. The van der Waals surface area contributed by atoms with Gasteiger partial charge in [-0.2, -0.15) is 0 Å². The summed E-state index contributed by atoms with van der Waals surface area (Å²) in [6.07, 6.45) is 0.201. The minimum absolute atomic E-state index is 0.105. The van der Waals surface area contributed by atoms with Gasteiger partial charge in [-0.25, -0.2) is 9.78 Å². The fraction of sp³-hybridized carbons (Fsp3) is 0.160. The van der Waals surface area contributed by atoms with Crippen molar-refractivity contribution in [2.75, 3.05) is 11.4 Å². The average Bonchev–Trinajstić information content (AvgIpc) is 3.38. The smallest absolute Gasteiger partial charge is 0.339 e. The maximum Gasteiger partial charge on any atom is 0.339 e. The van der Waals surface area contributed by atoms with Gasteiger partial charge < -0.3 is 9.30 Å². The predicted molar refractivity (Wildman–Crippen MR) is 116 cm³/mol. The second-order valence-electron chi connectivity index (χ2n) is 7.89. The van der Waals surface area contributed by atoms with Gasteiger partial charge in [0.05, 0.1) is 16.6 Å². The number of para-hydroxylation sites is 2. The van der Waals surface area contributed by atoms with Gasteiger partial charge in [0.25, 0.3) is 5.91 Å². The van der Waals surface area contributed by atoms with Gasteiger partial charge in [0, 0.05) is 25.1 Å². The molecule has 0 N–H and O–H groups in total. The van der Waals surface area contributed by atoms with Crippen molar-refractivity contribution < 1.29 is 14.3 Å². The first kappa shape index (κ1) is 17.9. The summed E-state index contributed by atoms with van der Waals surface area (Å²) in [5.74, 6) is 0.217. The number of cyclic esters (lactones) is 1. The van der Waals surface area contributed by atoms with Crippen LogP contribution in [0.15, 0.2) is 72.8 Å². The number of ether oxygens (including phenoxy) is 1. The van der Waals surface area contributed by atoms with Crippen LogP contribution in [0.3, 0.4) is 0 Å². The van der Waals surface area contributed by atoms with E-state index in [9.17, 15) is 9.59 Å². The lowest BCUT2D eigenvalue weighted by Crippen LogP contribution is -2.30. The molecule has 3 heterocycles. The van der Waals surface area contributed by atoms with E-state index in [1.165, 1.54) is 0 Å². The van der Waals surface area contributed by atoms with Crippen molar-refractivity contribution >= 4 is 28.9 Å². The van der Waals surface area contributed by atoms with Crippen LogP contribution in [0.2, 0.25) is 0 Å². The van der Waals surface area contributed by atoms with Crippen molar-refractivity contribution in [3.05, 3.63) is 95.1 Å². The lowest BCUT2D eigenvalue weighted by atomic mass is 9.93. The van der Waals surface area contributed by atoms with Crippen molar-refractivity contribution in [3.8, 4) is 0 Å². The number of benzene rings is 3. The molecule has 0 spiro atoms. The van der Waals surface area contributed by atoms with E-state index >= 15 is 0 Å². The number of amides is 1. The summed E-state index contributed by atoms with van der Waals surface area (Å²) in [7, 11) is 0. The van der Waals surface area contributed by atoms with Crippen LogP contribution >= 0.6 is 0 Å². The molecule has 0 bridgehead atoms. The highest BCUT2D eigenvalue weighted by atomic mass is 16.5. The van der Waals surface area contributed by atoms with Gasteiger partial charge in [-0.05, 0) is 41.5 Å². The number of esters is 1. The standard InChI is InChI=1S/C25H19N3O3/c29-23(28-13-12-27-21-9-5-4-8-20(21)26-25(27)28)17-10-11-19-18(14-17)15-22(31-24(19)30)16-6-2-1-3-7-16/h1-11,14,22H,12-13,15H2/t22-/m1/s1. The van der Waals surface area contributed by atoms with Crippen molar-refractivity contribution in [2.24, 2.45) is 0 Å². The van der Waals surface area contributed by atoms with Gasteiger partial charge in [0.15, 0.2) is 0 Å². The van der Waals surface area contributed by atoms with Crippen LogP contribution in [0.1, 0.15) is 37.9 Å². The zero-order chi connectivity index (χ0) is 20.9. The molecular weight excluding hydrogens is 390 g/mol. The molecule has 3 aromatic carbocycles. The van der Waals surface area contributed by atoms with Crippen LogP contribution in [-0.2, 0) is 17.7 Å². The van der Waals surface area contributed by atoms with Crippen molar-refractivity contribution in [2.45, 2.75) is 19.1 Å². The van der Waals surface area contributed by atoms with Crippen LogP contribution in [0.25, 0.3) is 11.0 Å². The third-order valence-electron chi connectivity index (χ3n) is 6.07. The van der Waals surface area contributed by atoms with Gasteiger partial charge in [-0.3, -0.25) is 9.69 Å². The van der Waals surface area contributed by atoms with E-state index in [1.54, 1.807) is 17.0 Å². The van der Waals surface area contributed by atoms with Crippen LogP contribution in [0, 0.1) is 0 Å². The Labute approximate surface area is 178 Å². The fourth-order valence-corrected chi connectivity index (χ4v) is 4.52. The third kappa shape index (κ3) is 2.83. The van der Waals surface area contributed by atoms with Gasteiger partial charge >= 0.3 is 5.97 Å². The van der Waals surface area contributed by atoms with Gasteiger partial charge in [-0.15, -0.1) is 0 Å². The SMILES string of the molecule is O=C1O[C@@H](c2ccccc2)Cc2cc(C(=O)N3CCn4c3nc3ccccc34)ccc21. The number of aromatic nitrogens is 2. The molecule has 2 aliphatic rings. The fourth-order valence-electron chi connectivity index (χ4n) is 4.52. The number of carbonyl (C=O) groups excluding carboxylic acids is 2. The van der Waals surface area contributed by atoms with E-state index in [2.05, 4.69) is 9.55 Å². The Balaban J connectivity index is 1.33. The van der Waals surface area contributed by atoms with Crippen LogP contribution in [0.5, 0.6) is 0 Å². The second-order valence-corrected chi connectivity index (χ2v) is 7.89. The number of fused-ring (bicyclic) bond motifs is 4. The number of hydrogen-bond donors (Lipinski definition) is 0. The highest BCUT2D eigenvalue weighted by molar-refractivity contribution is 6.07. The number of imidazole rings is 1. The average molecular weight is 409 g/mol. The van der Waals surface area contributed by atoms with Gasteiger partial charge in [-0.1, -0.05) is 42.5 Å². The molecule has 4 aromatic rings. The largest absolute Gasteiger partial charge is 0.454 e. The van der Waals surface area contributed by atoms with E-state index < -0.39 is 0 Å². The van der Waals surface area contributed by atoms with E-state index in [0.717, 1.165) is 28.7 Å².